The van der Waals surface area contributed by atoms with E-state index in [4.69, 9.17) is 4.74 Å². The summed E-state index contributed by atoms with van der Waals surface area (Å²) < 4.78 is 5.38. The average Bonchev–Trinajstić information content (AvgIpc) is 2.89. The van der Waals surface area contributed by atoms with E-state index in [1.807, 2.05) is 23.1 Å². The first-order chi connectivity index (χ1) is 9.78. The third kappa shape index (κ3) is 2.56. The SMILES string of the molecule is C=CC1CC(=O)N(c2cccc(N3CCOCC3)c2)C1. The van der Waals surface area contributed by atoms with Crippen molar-refractivity contribution in [2.24, 2.45) is 5.92 Å². The van der Waals surface area contributed by atoms with Crippen LogP contribution in [0.15, 0.2) is 36.9 Å². The maximum Gasteiger partial charge on any atom is 0.227 e. The molecule has 1 aromatic rings. The molecule has 1 atom stereocenters. The highest BCUT2D eigenvalue weighted by atomic mass is 16.5. The van der Waals surface area contributed by atoms with Crippen LogP contribution in [0.1, 0.15) is 6.42 Å². The minimum absolute atomic E-state index is 0.189. The molecule has 2 fully saturated rings. The number of morpholine rings is 1. The van der Waals surface area contributed by atoms with Gasteiger partial charge in [-0.05, 0) is 18.2 Å². The van der Waals surface area contributed by atoms with Crippen molar-refractivity contribution >= 4 is 17.3 Å². The van der Waals surface area contributed by atoms with Gasteiger partial charge in [-0.2, -0.15) is 0 Å². The molecule has 2 aliphatic rings. The van der Waals surface area contributed by atoms with Gasteiger partial charge in [0, 0.05) is 43.3 Å². The monoisotopic (exact) mass is 272 g/mol. The molecule has 0 N–H and O–H groups in total. The van der Waals surface area contributed by atoms with Gasteiger partial charge in [-0.15, -0.1) is 6.58 Å². The Hall–Kier alpha value is -1.81. The molecule has 4 heteroatoms. The lowest BCUT2D eigenvalue weighted by atomic mass is 10.1. The summed E-state index contributed by atoms with van der Waals surface area (Å²) in [4.78, 5) is 16.3. The van der Waals surface area contributed by atoms with Crippen LogP contribution in [0.5, 0.6) is 0 Å². The van der Waals surface area contributed by atoms with Crippen molar-refractivity contribution < 1.29 is 9.53 Å². The van der Waals surface area contributed by atoms with Gasteiger partial charge in [0.2, 0.25) is 5.91 Å². The van der Waals surface area contributed by atoms with Gasteiger partial charge in [-0.1, -0.05) is 12.1 Å². The number of amides is 1. The third-order valence-corrected chi connectivity index (χ3v) is 4.01. The van der Waals surface area contributed by atoms with E-state index in [0.717, 1.165) is 38.5 Å². The minimum Gasteiger partial charge on any atom is -0.378 e. The zero-order valence-electron chi connectivity index (χ0n) is 11.6. The number of carbonyl (C=O) groups is 1. The van der Waals surface area contributed by atoms with Crippen molar-refractivity contribution in [2.75, 3.05) is 42.6 Å². The average molecular weight is 272 g/mol. The second-order valence-corrected chi connectivity index (χ2v) is 5.32. The van der Waals surface area contributed by atoms with Crippen molar-refractivity contribution in [1.82, 2.24) is 0 Å². The van der Waals surface area contributed by atoms with Crippen molar-refractivity contribution in [3.05, 3.63) is 36.9 Å². The highest BCUT2D eigenvalue weighted by molar-refractivity contribution is 5.96. The van der Waals surface area contributed by atoms with Crippen LogP contribution in [0, 0.1) is 5.92 Å². The molecule has 1 amide bonds. The smallest absolute Gasteiger partial charge is 0.227 e. The Labute approximate surface area is 119 Å². The number of anilines is 2. The molecule has 106 valence electrons. The summed E-state index contributed by atoms with van der Waals surface area (Å²) in [6.45, 7) is 7.90. The Morgan fingerprint density at radius 1 is 1.25 bits per heavy atom. The van der Waals surface area contributed by atoms with E-state index in [2.05, 4.69) is 23.6 Å². The normalized spacial score (nSPS) is 23.2. The third-order valence-electron chi connectivity index (χ3n) is 4.01. The molecule has 0 radical (unpaired) electrons. The van der Waals surface area contributed by atoms with E-state index in [9.17, 15) is 4.79 Å². The number of ether oxygens (including phenoxy) is 1. The maximum absolute atomic E-state index is 12.1. The molecule has 2 aliphatic heterocycles. The molecular weight excluding hydrogens is 252 g/mol. The summed E-state index contributed by atoms with van der Waals surface area (Å²) >= 11 is 0. The fourth-order valence-electron chi connectivity index (χ4n) is 2.82. The number of hydrogen-bond donors (Lipinski definition) is 0. The Morgan fingerprint density at radius 3 is 2.70 bits per heavy atom. The Morgan fingerprint density at radius 2 is 2.00 bits per heavy atom. The fourth-order valence-corrected chi connectivity index (χ4v) is 2.82. The highest BCUT2D eigenvalue weighted by Crippen LogP contribution is 2.29. The second kappa shape index (κ2) is 5.67. The number of nitrogens with zero attached hydrogens (tertiary/aromatic N) is 2. The first-order valence-corrected chi connectivity index (χ1v) is 7.13. The van der Waals surface area contributed by atoms with Gasteiger partial charge in [-0.3, -0.25) is 4.79 Å². The summed E-state index contributed by atoms with van der Waals surface area (Å²) in [5, 5.41) is 0. The van der Waals surface area contributed by atoms with E-state index in [1.165, 1.54) is 5.69 Å². The largest absolute Gasteiger partial charge is 0.378 e. The molecule has 3 rings (SSSR count). The van der Waals surface area contributed by atoms with E-state index >= 15 is 0 Å². The second-order valence-electron chi connectivity index (χ2n) is 5.32. The Kier molecular flexibility index (Phi) is 3.74. The van der Waals surface area contributed by atoms with Crippen LogP contribution >= 0.6 is 0 Å². The van der Waals surface area contributed by atoms with Gasteiger partial charge in [0.1, 0.15) is 0 Å². The first-order valence-electron chi connectivity index (χ1n) is 7.13. The number of rotatable bonds is 3. The quantitative estimate of drug-likeness (QED) is 0.790. The Balaban J connectivity index is 1.80. The van der Waals surface area contributed by atoms with Gasteiger partial charge in [0.05, 0.1) is 13.2 Å². The van der Waals surface area contributed by atoms with Crippen molar-refractivity contribution in [3.8, 4) is 0 Å². The summed E-state index contributed by atoms with van der Waals surface area (Å²) in [7, 11) is 0. The van der Waals surface area contributed by atoms with E-state index in [-0.39, 0.29) is 11.8 Å². The van der Waals surface area contributed by atoms with E-state index in [1.54, 1.807) is 0 Å². The van der Waals surface area contributed by atoms with E-state index < -0.39 is 0 Å². The van der Waals surface area contributed by atoms with Gasteiger partial charge < -0.3 is 14.5 Å². The molecule has 0 bridgehead atoms. The van der Waals surface area contributed by atoms with Crippen LogP contribution in [-0.2, 0) is 9.53 Å². The number of benzene rings is 1. The van der Waals surface area contributed by atoms with Crippen LogP contribution in [0.25, 0.3) is 0 Å². The molecule has 4 nitrogen and oxygen atoms in total. The van der Waals surface area contributed by atoms with Gasteiger partial charge >= 0.3 is 0 Å². The van der Waals surface area contributed by atoms with Gasteiger partial charge in [0.15, 0.2) is 0 Å². The molecule has 1 unspecified atom stereocenters. The van der Waals surface area contributed by atoms with Crippen LogP contribution in [-0.4, -0.2) is 38.8 Å². The van der Waals surface area contributed by atoms with Crippen LogP contribution in [0.3, 0.4) is 0 Å². The molecule has 2 saturated heterocycles. The predicted octanol–water partition coefficient (Wildman–Crippen LogP) is 2.06. The molecule has 2 heterocycles. The lowest BCUT2D eigenvalue weighted by Gasteiger charge is -2.29. The van der Waals surface area contributed by atoms with Crippen molar-refractivity contribution in [2.45, 2.75) is 6.42 Å². The topological polar surface area (TPSA) is 32.8 Å². The zero-order valence-corrected chi connectivity index (χ0v) is 11.6. The number of hydrogen-bond acceptors (Lipinski definition) is 3. The first kappa shape index (κ1) is 13.2. The van der Waals surface area contributed by atoms with Gasteiger partial charge in [-0.25, -0.2) is 0 Å². The Bertz CT molecular complexity index is 509. The molecule has 0 aromatic heterocycles. The van der Waals surface area contributed by atoms with Gasteiger partial charge in [0.25, 0.3) is 0 Å². The minimum atomic E-state index is 0.189. The maximum atomic E-state index is 12.1. The number of carbonyl (C=O) groups excluding carboxylic acids is 1. The van der Waals surface area contributed by atoms with Crippen LogP contribution < -0.4 is 9.80 Å². The molecule has 0 aliphatic carbocycles. The fraction of sp³-hybridized carbons (Fsp3) is 0.438. The summed E-state index contributed by atoms with van der Waals surface area (Å²) in [5.74, 6) is 0.462. The van der Waals surface area contributed by atoms with Crippen molar-refractivity contribution in [1.29, 1.82) is 0 Å². The molecule has 1 aromatic carbocycles. The summed E-state index contributed by atoms with van der Waals surface area (Å²) in [6.07, 6.45) is 2.45. The molecular formula is C16H20N2O2. The summed E-state index contributed by atoms with van der Waals surface area (Å²) in [5.41, 5.74) is 2.16. The lowest BCUT2D eigenvalue weighted by molar-refractivity contribution is -0.117. The predicted molar refractivity (Wildman–Crippen MR) is 80.1 cm³/mol. The van der Waals surface area contributed by atoms with Crippen LogP contribution in [0.2, 0.25) is 0 Å². The van der Waals surface area contributed by atoms with Crippen molar-refractivity contribution in [3.63, 3.8) is 0 Å². The molecule has 0 spiro atoms. The highest BCUT2D eigenvalue weighted by Gasteiger charge is 2.28. The molecule has 20 heavy (non-hydrogen) atoms. The standard InChI is InChI=1S/C16H20N2O2/c1-2-13-10-16(19)18(12-13)15-5-3-4-14(11-15)17-6-8-20-9-7-17/h2-5,11,13H,1,6-10,12H2. The van der Waals surface area contributed by atoms with E-state index in [0.29, 0.717) is 6.42 Å². The lowest BCUT2D eigenvalue weighted by Crippen LogP contribution is -2.36. The summed E-state index contributed by atoms with van der Waals surface area (Å²) in [6, 6.07) is 8.23. The zero-order chi connectivity index (χ0) is 13.9. The van der Waals surface area contributed by atoms with Crippen LogP contribution in [0.4, 0.5) is 11.4 Å². The molecule has 0 saturated carbocycles.